The predicted octanol–water partition coefficient (Wildman–Crippen LogP) is 5.18. The molecule has 1 aliphatic carbocycles. The zero-order valence-corrected chi connectivity index (χ0v) is 18.9. The largest absolute Gasteiger partial charge is 0.330 e. The van der Waals surface area contributed by atoms with Gasteiger partial charge in [-0.05, 0) is 54.0 Å². The number of benzene rings is 1. The Hall–Kier alpha value is -1.56. The molecule has 4 rings (SSSR count). The van der Waals surface area contributed by atoms with E-state index >= 15 is 0 Å². The molecule has 1 aromatic carbocycles. The number of nitrogens with zero attached hydrogens (tertiary/aromatic N) is 2. The van der Waals surface area contributed by atoms with Gasteiger partial charge in [0.05, 0.1) is 6.04 Å². The quantitative estimate of drug-likeness (QED) is 0.629. The highest BCUT2D eigenvalue weighted by Crippen LogP contribution is 2.41. The van der Waals surface area contributed by atoms with Crippen LogP contribution in [-0.2, 0) is 16.0 Å². The molecule has 4 nitrogen and oxygen atoms in total. The first-order valence-electron chi connectivity index (χ1n) is 9.98. The second kappa shape index (κ2) is 8.29. The topological polar surface area (TPSA) is 40.6 Å². The first kappa shape index (κ1) is 20.7. The van der Waals surface area contributed by atoms with E-state index in [1.165, 1.54) is 4.88 Å². The molecule has 2 aromatic rings. The molecule has 0 saturated heterocycles. The minimum absolute atomic E-state index is 0.0289. The number of carbonyl (C=O) groups excluding carboxylic acids is 2. The SMILES string of the molecule is CC(C)C(=O)N(CC(=O)N1CCc2sccc2C1c1ccc(Cl)cc1Cl)C1CC1. The lowest BCUT2D eigenvalue weighted by molar-refractivity contribution is -0.144. The highest BCUT2D eigenvalue weighted by atomic mass is 35.5. The molecular weight excluding hydrogens is 427 g/mol. The van der Waals surface area contributed by atoms with Crippen LogP contribution in [0, 0.1) is 5.92 Å². The summed E-state index contributed by atoms with van der Waals surface area (Å²) < 4.78 is 0. The molecule has 1 atom stereocenters. The number of carbonyl (C=O) groups is 2. The highest BCUT2D eigenvalue weighted by molar-refractivity contribution is 7.10. The van der Waals surface area contributed by atoms with Crippen LogP contribution in [0.25, 0.3) is 0 Å². The molecule has 7 heteroatoms. The monoisotopic (exact) mass is 450 g/mol. The van der Waals surface area contributed by atoms with Crippen LogP contribution in [0.5, 0.6) is 0 Å². The fraction of sp³-hybridized carbons (Fsp3) is 0.455. The van der Waals surface area contributed by atoms with Gasteiger partial charge in [-0.1, -0.05) is 43.1 Å². The predicted molar refractivity (Wildman–Crippen MR) is 118 cm³/mol. The van der Waals surface area contributed by atoms with Gasteiger partial charge in [-0.15, -0.1) is 11.3 Å². The van der Waals surface area contributed by atoms with Crippen LogP contribution in [0.4, 0.5) is 0 Å². The van der Waals surface area contributed by atoms with Crippen LogP contribution < -0.4 is 0 Å². The van der Waals surface area contributed by atoms with E-state index < -0.39 is 0 Å². The van der Waals surface area contributed by atoms with E-state index in [1.807, 2.05) is 30.9 Å². The third kappa shape index (κ3) is 4.18. The van der Waals surface area contributed by atoms with Gasteiger partial charge in [0.2, 0.25) is 11.8 Å². The molecule has 29 heavy (non-hydrogen) atoms. The molecule has 0 spiro atoms. The Balaban J connectivity index is 1.66. The lowest BCUT2D eigenvalue weighted by Gasteiger charge is -2.38. The molecule has 1 aromatic heterocycles. The van der Waals surface area contributed by atoms with Crippen LogP contribution in [0.1, 0.15) is 48.7 Å². The van der Waals surface area contributed by atoms with Crippen molar-refractivity contribution in [1.29, 1.82) is 0 Å². The lowest BCUT2D eigenvalue weighted by atomic mass is 9.93. The first-order chi connectivity index (χ1) is 13.9. The van der Waals surface area contributed by atoms with Gasteiger partial charge < -0.3 is 9.80 Å². The minimum Gasteiger partial charge on any atom is -0.330 e. The molecular formula is C22H24Cl2N2O2S. The average Bonchev–Trinajstić information content (AvgIpc) is 3.41. The minimum atomic E-state index is -0.252. The Morgan fingerprint density at radius 1 is 1.21 bits per heavy atom. The third-order valence-corrected chi connectivity index (χ3v) is 7.17. The van der Waals surface area contributed by atoms with E-state index in [-0.39, 0.29) is 36.4 Å². The van der Waals surface area contributed by atoms with Gasteiger partial charge in [0, 0.05) is 33.4 Å². The number of hydrogen-bond acceptors (Lipinski definition) is 3. The second-order valence-electron chi connectivity index (χ2n) is 8.06. The van der Waals surface area contributed by atoms with Crippen molar-refractivity contribution in [3.8, 4) is 0 Å². The fourth-order valence-corrected chi connectivity index (χ4v) is 5.40. The van der Waals surface area contributed by atoms with Gasteiger partial charge in [-0.2, -0.15) is 0 Å². The smallest absolute Gasteiger partial charge is 0.243 e. The molecule has 1 unspecified atom stereocenters. The number of hydrogen-bond donors (Lipinski definition) is 0. The van der Waals surface area contributed by atoms with Crippen molar-refractivity contribution in [2.24, 2.45) is 5.92 Å². The summed E-state index contributed by atoms with van der Waals surface area (Å²) in [5.74, 6) is -0.0938. The fourth-order valence-electron chi connectivity index (χ4n) is 3.99. The van der Waals surface area contributed by atoms with Gasteiger partial charge in [0.1, 0.15) is 6.54 Å². The van der Waals surface area contributed by atoms with Crippen molar-refractivity contribution in [1.82, 2.24) is 9.80 Å². The average molecular weight is 451 g/mol. The van der Waals surface area contributed by atoms with E-state index in [2.05, 4.69) is 11.4 Å². The van der Waals surface area contributed by atoms with Gasteiger partial charge in [0.25, 0.3) is 0 Å². The van der Waals surface area contributed by atoms with Crippen molar-refractivity contribution < 1.29 is 9.59 Å². The highest BCUT2D eigenvalue weighted by Gasteiger charge is 2.39. The second-order valence-corrected chi connectivity index (χ2v) is 9.90. The van der Waals surface area contributed by atoms with Crippen LogP contribution >= 0.6 is 34.5 Å². The Morgan fingerprint density at radius 3 is 2.62 bits per heavy atom. The molecule has 2 amide bonds. The third-order valence-electron chi connectivity index (χ3n) is 5.61. The summed E-state index contributed by atoms with van der Waals surface area (Å²) in [6, 6.07) is 7.46. The number of fused-ring (bicyclic) bond motifs is 1. The van der Waals surface area contributed by atoms with Crippen LogP contribution in [-0.4, -0.2) is 40.7 Å². The number of halogens is 2. The molecule has 1 fully saturated rings. The maximum atomic E-state index is 13.4. The summed E-state index contributed by atoms with van der Waals surface area (Å²) in [5, 5.41) is 3.19. The van der Waals surface area contributed by atoms with Crippen LogP contribution in [0.2, 0.25) is 10.0 Å². The van der Waals surface area contributed by atoms with Gasteiger partial charge in [-0.3, -0.25) is 9.59 Å². The summed E-state index contributed by atoms with van der Waals surface area (Å²) >= 11 is 14.4. The molecule has 0 bridgehead atoms. The molecule has 154 valence electrons. The van der Waals surface area contributed by atoms with E-state index in [0.717, 1.165) is 30.4 Å². The lowest BCUT2D eigenvalue weighted by Crippen LogP contribution is -2.48. The Bertz CT molecular complexity index is 939. The maximum Gasteiger partial charge on any atom is 0.243 e. The summed E-state index contributed by atoms with van der Waals surface area (Å²) in [4.78, 5) is 31.0. The Morgan fingerprint density at radius 2 is 1.97 bits per heavy atom. The standard InChI is InChI=1S/C22H24Cl2N2O2S/c1-13(2)22(28)26(15-4-5-15)12-20(27)25-9-7-19-17(8-10-29-19)21(25)16-6-3-14(23)11-18(16)24/h3,6,8,10-11,13,15,21H,4-5,7,9,12H2,1-2H3. The molecule has 0 N–H and O–H groups in total. The summed E-state index contributed by atoms with van der Waals surface area (Å²) in [6.45, 7) is 4.52. The van der Waals surface area contributed by atoms with E-state index in [4.69, 9.17) is 23.2 Å². The van der Waals surface area contributed by atoms with Crippen molar-refractivity contribution in [3.05, 3.63) is 55.7 Å². The molecule has 2 heterocycles. The van der Waals surface area contributed by atoms with Gasteiger partial charge in [-0.25, -0.2) is 0 Å². The van der Waals surface area contributed by atoms with E-state index in [9.17, 15) is 9.59 Å². The summed E-state index contributed by atoms with van der Waals surface area (Å²) in [7, 11) is 0. The molecule has 1 aliphatic heterocycles. The molecule has 2 aliphatic rings. The number of thiophene rings is 1. The van der Waals surface area contributed by atoms with Gasteiger partial charge >= 0.3 is 0 Å². The molecule has 0 radical (unpaired) electrons. The zero-order chi connectivity index (χ0) is 20.7. The first-order valence-corrected chi connectivity index (χ1v) is 11.6. The van der Waals surface area contributed by atoms with E-state index in [1.54, 1.807) is 22.3 Å². The summed E-state index contributed by atoms with van der Waals surface area (Å²) in [5.41, 5.74) is 1.99. The van der Waals surface area contributed by atoms with E-state index in [0.29, 0.717) is 16.6 Å². The van der Waals surface area contributed by atoms with Crippen molar-refractivity contribution in [3.63, 3.8) is 0 Å². The Labute approximate surface area is 185 Å². The normalized spacial score (nSPS) is 18.7. The molecule has 1 saturated carbocycles. The van der Waals surface area contributed by atoms with Crippen molar-refractivity contribution in [2.45, 2.75) is 45.2 Å². The maximum absolute atomic E-state index is 13.4. The van der Waals surface area contributed by atoms with Gasteiger partial charge in [0.15, 0.2) is 0 Å². The Kier molecular flexibility index (Phi) is 5.92. The van der Waals surface area contributed by atoms with Crippen molar-refractivity contribution >= 4 is 46.4 Å². The zero-order valence-electron chi connectivity index (χ0n) is 16.5. The number of rotatable bonds is 5. The number of amides is 2. The van der Waals surface area contributed by atoms with Crippen molar-refractivity contribution in [2.75, 3.05) is 13.1 Å². The summed E-state index contributed by atoms with van der Waals surface area (Å²) in [6.07, 6.45) is 2.78. The van der Waals surface area contributed by atoms with Crippen LogP contribution in [0.15, 0.2) is 29.6 Å². The van der Waals surface area contributed by atoms with Crippen LogP contribution in [0.3, 0.4) is 0 Å².